The fraction of sp³-hybridized carbons (Fsp3) is 0.800. The maximum absolute atomic E-state index is 12.2. The van der Waals surface area contributed by atoms with Crippen LogP contribution in [0, 0.1) is 0 Å². The summed E-state index contributed by atoms with van der Waals surface area (Å²) in [6.45, 7) is 0. The van der Waals surface area contributed by atoms with E-state index >= 15 is 0 Å². The van der Waals surface area contributed by atoms with Crippen molar-refractivity contribution >= 4 is 6.22 Å². The second kappa shape index (κ2) is 3.98. The van der Waals surface area contributed by atoms with Crippen LogP contribution in [0.5, 0.6) is 0 Å². The monoisotopic (exact) mass is 283 g/mol. The molecule has 17 heavy (non-hydrogen) atoms. The highest BCUT2D eigenvalue weighted by Crippen LogP contribution is 2.53. The first-order chi connectivity index (χ1) is 7.17. The van der Waals surface area contributed by atoms with Gasteiger partial charge in [0, 0.05) is 0 Å². The zero-order chi connectivity index (χ0) is 14.3. The summed E-state index contributed by atoms with van der Waals surface area (Å²) in [5, 5.41) is 0. The van der Waals surface area contributed by atoms with E-state index in [9.17, 15) is 48.3 Å². The predicted molar refractivity (Wildman–Crippen MR) is 30.5 cm³/mol. The summed E-state index contributed by atoms with van der Waals surface area (Å²) in [5.74, 6) is -14.4. The minimum atomic E-state index is -7.22. The summed E-state index contributed by atoms with van der Waals surface area (Å²) >= 11 is 0. The molecule has 0 aliphatic heterocycles. The molecular weight excluding hydrogens is 283 g/mol. The standard InChI is InChI=1S/C5F11N/c6-1(7)17-5(15,16)3(10,11)2(8,9)4(12,13)14. The van der Waals surface area contributed by atoms with Crippen LogP contribution in [0.25, 0.3) is 0 Å². The van der Waals surface area contributed by atoms with Crippen LogP contribution < -0.4 is 0 Å². The highest BCUT2D eigenvalue weighted by atomic mass is 19.4. The number of hydrogen-bond acceptors (Lipinski definition) is 1. The van der Waals surface area contributed by atoms with E-state index in [0.717, 1.165) is 0 Å². The van der Waals surface area contributed by atoms with Gasteiger partial charge >= 0.3 is 30.3 Å². The predicted octanol–water partition coefficient (Wildman–Crippen LogP) is 3.71. The fourth-order valence-corrected chi connectivity index (χ4v) is 0.543. The smallest absolute Gasteiger partial charge is 0.190 e. The van der Waals surface area contributed by atoms with Crippen molar-refractivity contribution in [3.63, 3.8) is 0 Å². The molecule has 0 aromatic heterocycles. The van der Waals surface area contributed by atoms with Crippen LogP contribution in [-0.2, 0) is 0 Å². The van der Waals surface area contributed by atoms with Crippen LogP contribution >= 0.6 is 0 Å². The minimum Gasteiger partial charge on any atom is -0.190 e. The van der Waals surface area contributed by atoms with E-state index in [1.807, 2.05) is 0 Å². The van der Waals surface area contributed by atoms with Gasteiger partial charge in [-0.15, -0.1) is 0 Å². The quantitative estimate of drug-likeness (QED) is 0.425. The Kier molecular flexibility index (Phi) is 3.72. The van der Waals surface area contributed by atoms with Crippen LogP contribution in [-0.4, -0.2) is 30.3 Å². The Bertz CT molecular complexity index is 308. The van der Waals surface area contributed by atoms with Crippen LogP contribution in [0.4, 0.5) is 48.3 Å². The van der Waals surface area contributed by atoms with Gasteiger partial charge in [0.15, 0.2) is 0 Å². The number of halogens is 11. The Morgan fingerprint density at radius 3 is 1.24 bits per heavy atom. The topological polar surface area (TPSA) is 12.4 Å². The molecular formula is C5F11N. The van der Waals surface area contributed by atoms with Crippen molar-refractivity contribution in [2.45, 2.75) is 24.1 Å². The molecule has 0 aliphatic carbocycles. The van der Waals surface area contributed by atoms with Crippen molar-refractivity contribution in [1.29, 1.82) is 0 Å². The van der Waals surface area contributed by atoms with Crippen molar-refractivity contribution in [3.05, 3.63) is 0 Å². The van der Waals surface area contributed by atoms with Gasteiger partial charge in [-0.1, -0.05) is 0 Å². The molecule has 0 atom stereocenters. The molecule has 0 aromatic carbocycles. The Labute approximate surface area is 84.9 Å². The van der Waals surface area contributed by atoms with Gasteiger partial charge in [-0.3, -0.25) is 0 Å². The fourth-order valence-electron chi connectivity index (χ4n) is 0.543. The van der Waals surface area contributed by atoms with E-state index in [2.05, 4.69) is 0 Å². The Morgan fingerprint density at radius 2 is 1.00 bits per heavy atom. The summed E-state index contributed by atoms with van der Waals surface area (Å²) in [6.07, 6.45) is -10.8. The van der Waals surface area contributed by atoms with Gasteiger partial charge in [-0.2, -0.15) is 53.3 Å². The molecule has 0 N–H and O–H groups in total. The lowest BCUT2D eigenvalue weighted by atomic mass is 10.1. The second-order valence-corrected chi connectivity index (χ2v) is 2.54. The summed E-state index contributed by atoms with van der Waals surface area (Å²) in [7, 11) is 0. The van der Waals surface area contributed by atoms with Crippen LogP contribution in [0.3, 0.4) is 0 Å². The maximum atomic E-state index is 12.2. The molecule has 0 amide bonds. The molecule has 0 fully saturated rings. The minimum absolute atomic E-state index is 0.481. The molecule has 102 valence electrons. The van der Waals surface area contributed by atoms with Gasteiger partial charge in [0.2, 0.25) is 0 Å². The summed E-state index contributed by atoms with van der Waals surface area (Å²) < 4.78 is 129. The molecule has 1 nitrogen and oxygen atoms in total. The SMILES string of the molecule is FC(F)=NC(F)(F)C(F)(F)C(F)(F)C(F)(F)F. The Balaban J connectivity index is 5.64. The molecule has 0 aromatic rings. The zero-order valence-corrected chi connectivity index (χ0v) is 7.10. The highest BCUT2D eigenvalue weighted by Gasteiger charge is 2.82. The number of hydrogen-bond donors (Lipinski definition) is 0. The normalized spacial score (nSPS) is 14.8. The first-order valence-corrected chi connectivity index (χ1v) is 3.28. The number of alkyl halides is 9. The van der Waals surface area contributed by atoms with Crippen molar-refractivity contribution in [2.24, 2.45) is 4.99 Å². The Morgan fingerprint density at radius 1 is 0.647 bits per heavy atom. The Hall–Kier alpha value is -1.10. The summed E-state index contributed by atoms with van der Waals surface area (Å²) in [5.41, 5.74) is 0. The zero-order valence-electron chi connectivity index (χ0n) is 7.10. The first-order valence-electron chi connectivity index (χ1n) is 3.28. The molecule has 12 heteroatoms. The largest absolute Gasteiger partial charge is 0.460 e. The molecule has 0 rings (SSSR count). The van der Waals surface area contributed by atoms with Gasteiger partial charge in [0.25, 0.3) is 0 Å². The van der Waals surface area contributed by atoms with Crippen molar-refractivity contribution in [1.82, 2.24) is 0 Å². The van der Waals surface area contributed by atoms with E-state index < -0.39 is 30.3 Å². The van der Waals surface area contributed by atoms with Crippen molar-refractivity contribution in [3.8, 4) is 0 Å². The molecule has 0 unspecified atom stereocenters. The van der Waals surface area contributed by atoms with E-state index in [0.29, 0.717) is 4.99 Å². The second-order valence-electron chi connectivity index (χ2n) is 2.54. The average molecular weight is 283 g/mol. The van der Waals surface area contributed by atoms with E-state index in [-0.39, 0.29) is 0 Å². The molecule has 0 bridgehead atoms. The van der Waals surface area contributed by atoms with E-state index in [4.69, 9.17) is 0 Å². The van der Waals surface area contributed by atoms with E-state index in [1.54, 1.807) is 0 Å². The summed E-state index contributed by atoms with van der Waals surface area (Å²) in [6, 6.07) is -6.61. The lowest BCUT2D eigenvalue weighted by Gasteiger charge is -2.30. The lowest BCUT2D eigenvalue weighted by molar-refractivity contribution is -0.394. The lowest BCUT2D eigenvalue weighted by Crippen LogP contribution is -2.60. The molecule has 0 radical (unpaired) electrons. The molecule has 0 spiro atoms. The van der Waals surface area contributed by atoms with Crippen LogP contribution in [0.15, 0.2) is 4.99 Å². The molecule has 0 heterocycles. The van der Waals surface area contributed by atoms with Crippen LogP contribution in [0.1, 0.15) is 0 Å². The molecule has 0 saturated carbocycles. The van der Waals surface area contributed by atoms with Gasteiger partial charge in [0.1, 0.15) is 0 Å². The maximum Gasteiger partial charge on any atom is 0.460 e. The molecule has 0 aliphatic rings. The highest BCUT2D eigenvalue weighted by molar-refractivity contribution is 5.64. The van der Waals surface area contributed by atoms with Crippen molar-refractivity contribution in [2.75, 3.05) is 0 Å². The third-order valence-corrected chi connectivity index (χ3v) is 1.35. The van der Waals surface area contributed by atoms with Gasteiger partial charge in [-0.05, 0) is 0 Å². The third-order valence-electron chi connectivity index (χ3n) is 1.35. The molecule has 0 saturated heterocycles. The van der Waals surface area contributed by atoms with Gasteiger partial charge in [0.05, 0.1) is 0 Å². The van der Waals surface area contributed by atoms with E-state index in [1.165, 1.54) is 0 Å². The summed E-state index contributed by atoms with van der Waals surface area (Å²) in [4.78, 5) is 0.481. The first kappa shape index (κ1) is 15.9. The number of aliphatic imine (C=N–C) groups is 1. The third kappa shape index (κ3) is 2.60. The van der Waals surface area contributed by atoms with Crippen molar-refractivity contribution < 1.29 is 48.3 Å². The number of rotatable bonds is 3. The average Bonchev–Trinajstić information content (AvgIpc) is 1.98. The number of nitrogens with zero attached hydrogens (tertiary/aromatic N) is 1. The van der Waals surface area contributed by atoms with Crippen LogP contribution in [0.2, 0.25) is 0 Å². The van der Waals surface area contributed by atoms with Gasteiger partial charge in [-0.25, -0.2) is 0 Å². The van der Waals surface area contributed by atoms with Gasteiger partial charge < -0.3 is 0 Å².